The van der Waals surface area contributed by atoms with Crippen LogP contribution in [-0.4, -0.2) is 40.6 Å². The number of aryl methyl sites for hydroxylation is 3. The molecule has 1 aromatic carbocycles. The van der Waals surface area contributed by atoms with Crippen LogP contribution < -0.4 is 0 Å². The highest BCUT2D eigenvalue weighted by Gasteiger charge is 2.55. The smallest absolute Gasteiger partial charge is 0.243 e. The molecule has 1 atom stereocenters. The molecule has 4 rings (SSSR count). The maximum absolute atomic E-state index is 13.4. The van der Waals surface area contributed by atoms with Crippen LogP contribution in [0.25, 0.3) is 0 Å². The Bertz CT molecular complexity index is 947. The summed E-state index contributed by atoms with van der Waals surface area (Å²) in [5.41, 5.74) is 1.79. The van der Waals surface area contributed by atoms with Gasteiger partial charge in [-0.2, -0.15) is 4.31 Å². The summed E-state index contributed by atoms with van der Waals surface area (Å²) in [6.45, 7) is 7.90. The van der Waals surface area contributed by atoms with Crippen molar-refractivity contribution in [1.82, 2.24) is 19.1 Å². The number of nitrogens with zero attached hydrogens (tertiary/aromatic N) is 4. The van der Waals surface area contributed by atoms with Gasteiger partial charge in [-0.1, -0.05) is 25.5 Å². The van der Waals surface area contributed by atoms with E-state index in [2.05, 4.69) is 21.7 Å². The number of rotatable bonds is 5. The minimum absolute atomic E-state index is 0.0172. The first-order valence-corrected chi connectivity index (χ1v) is 11.3. The van der Waals surface area contributed by atoms with Crippen LogP contribution in [-0.2, 0) is 16.6 Å². The van der Waals surface area contributed by atoms with E-state index in [9.17, 15) is 8.42 Å². The summed E-state index contributed by atoms with van der Waals surface area (Å²) in [7, 11) is -3.51. The topological polar surface area (TPSA) is 68.1 Å². The van der Waals surface area contributed by atoms with Gasteiger partial charge in [0.2, 0.25) is 10.0 Å². The second kappa shape index (κ2) is 6.71. The van der Waals surface area contributed by atoms with Crippen molar-refractivity contribution in [2.24, 2.45) is 5.41 Å². The van der Waals surface area contributed by atoms with Gasteiger partial charge in [0.05, 0.1) is 4.90 Å². The van der Waals surface area contributed by atoms with E-state index in [0.717, 1.165) is 49.2 Å². The Morgan fingerprint density at radius 2 is 2.04 bits per heavy atom. The maximum Gasteiger partial charge on any atom is 0.243 e. The molecule has 0 radical (unpaired) electrons. The third-order valence-corrected chi connectivity index (χ3v) is 8.30. The van der Waals surface area contributed by atoms with Gasteiger partial charge >= 0.3 is 0 Å². The van der Waals surface area contributed by atoms with Gasteiger partial charge in [-0.05, 0) is 55.7 Å². The fourth-order valence-electron chi connectivity index (χ4n) is 4.67. The standard InChI is InChI=1S/C20H28N4O2S/c1-4-10-23-14-21-22-19(23)17-12-24(13-20(17)8-5-9-20)27(25,26)18-11-15(2)6-7-16(18)3/h6-7,11,14,17H,4-5,8-10,12-13H2,1-3H3. The first-order valence-electron chi connectivity index (χ1n) is 9.82. The molecule has 1 saturated carbocycles. The molecule has 1 spiro atoms. The molecule has 2 heterocycles. The third kappa shape index (κ3) is 3.01. The molecule has 2 fully saturated rings. The molecule has 2 aromatic rings. The van der Waals surface area contributed by atoms with E-state index < -0.39 is 10.0 Å². The number of aromatic nitrogens is 3. The maximum atomic E-state index is 13.4. The molecule has 0 amide bonds. The Labute approximate surface area is 161 Å². The van der Waals surface area contributed by atoms with Crippen LogP contribution in [0.15, 0.2) is 29.4 Å². The Hall–Kier alpha value is -1.73. The van der Waals surface area contributed by atoms with Crippen molar-refractivity contribution in [3.63, 3.8) is 0 Å². The van der Waals surface area contributed by atoms with Gasteiger partial charge < -0.3 is 4.57 Å². The predicted molar refractivity (Wildman–Crippen MR) is 104 cm³/mol. The van der Waals surface area contributed by atoms with Gasteiger partial charge in [0, 0.05) is 25.6 Å². The average Bonchev–Trinajstić information content (AvgIpc) is 3.21. The Morgan fingerprint density at radius 3 is 2.70 bits per heavy atom. The summed E-state index contributed by atoms with van der Waals surface area (Å²) in [4.78, 5) is 0.438. The van der Waals surface area contributed by atoms with Crippen molar-refractivity contribution >= 4 is 10.0 Å². The molecule has 2 aliphatic rings. The second-order valence-corrected chi connectivity index (χ2v) is 10.1. The minimum atomic E-state index is -3.51. The van der Waals surface area contributed by atoms with Gasteiger partial charge in [0.1, 0.15) is 12.2 Å². The van der Waals surface area contributed by atoms with Gasteiger partial charge in [-0.15, -0.1) is 10.2 Å². The zero-order chi connectivity index (χ0) is 19.2. The average molecular weight is 389 g/mol. The van der Waals surface area contributed by atoms with E-state index >= 15 is 0 Å². The highest BCUT2D eigenvalue weighted by Crippen LogP contribution is 2.56. The normalized spacial score (nSPS) is 22.3. The summed E-state index contributed by atoms with van der Waals surface area (Å²) < 4.78 is 30.7. The van der Waals surface area contributed by atoms with Crippen molar-refractivity contribution in [2.75, 3.05) is 13.1 Å². The van der Waals surface area contributed by atoms with Crippen LogP contribution >= 0.6 is 0 Å². The lowest BCUT2D eigenvalue weighted by Gasteiger charge is -2.42. The minimum Gasteiger partial charge on any atom is -0.317 e. The first kappa shape index (κ1) is 18.6. The number of benzene rings is 1. The highest BCUT2D eigenvalue weighted by atomic mass is 32.2. The largest absolute Gasteiger partial charge is 0.317 e. The van der Waals surface area contributed by atoms with Crippen LogP contribution in [0.1, 0.15) is 55.5 Å². The number of sulfonamides is 1. The fraction of sp³-hybridized carbons (Fsp3) is 0.600. The second-order valence-electron chi connectivity index (χ2n) is 8.22. The van der Waals surface area contributed by atoms with Crippen LogP contribution in [0.2, 0.25) is 0 Å². The van der Waals surface area contributed by atoms with Crippen molar-refractivity contribution in [3.8, 4) is 0 Å². The van der Waals surface area contributed by atoms with E-state index in [4.69, 9.17) is 0 Å². The highest BCUT2D eigenvalue weighted by molar-refractivity contribution is 7.89. The van der Waals surface area contributed by atoms with E-state index in [1.165, 1.54) is 0 Å². The molecule has 7 heteroatoms. The fourth-order valence-corrected chi connectivity index (χ4v) is 6.53. The molecule has 1 unspecified atom stereocenters. The first-order chi connectivity index (χ1) is 12.9. The molecule has 1 aliphatic heterocycles. The summed E-state index contributed by atoms with van der Waals surface area (Å²) in [6.07, 6.45) is 6.09. The van der Waals surface area contributed by atoms with Crippen molar-refractivity contribution in [3.05, 3.63) is 41.5 Å². The van der Waals surface area contributed by atoms with Crippen molar-refractivity contribution in [1.29, 1.82) is 0 Å². The number of hydrogen-bond donors (Lipinski definition) is 0. The van der Waals surface area contributed by atoms with Crippen molar-refractivity contribution in [2.45, 2.75) is 63.8 Å². The SMILES string of the molecule is CCCn1cnnc1C1CN(S(=O)(=O)c2cc(C)ccc2C)CC12CCC2. The predicted octanol–water partition coefficient (Wildman–Crippen LogP) is 3.26. The zero-order valence-corrected chi connectivity index (χ0v) is 17.2. The Morgan fingerprint density at radius 1 is 1.26 bits per heavy atom. The molecular formula is C20H28N4O2S. The van der Waals surface area contributed by atoms with Gasteiger partial charge in [-0.25, -0.2) is 8.42 Å². The summed E-state index contributed by atoms with van der Waals surface area (Å²) >= 11 is 0. The van der Waals surface area contributed by atoms with E-state index in [1.807, 2.05) is 26.0 Å². The molecule has 1 saturated heterocycles. The van der Waals surface area contributed by atoms with Gasteiger partial charge in [0.25, 0.3) is 0 Å². The molecular weight excluding hydrogens is 360 g/mol. The molecule has 146 valence electrons. The lowest BCUT2D eigenvalue weighted by atomic mass is 9.62. The molecule has 27 heavy (non-hydrogen) atoms. The Kier molecular flexibility index (Phi) is 4.63. The van der Waals surface area contributed by atoms with Crippen LogP contribution in [0, 0.1) is 19.3 Å². The van der Waals surface area contributed by atoms with E-state index in [0.29, 0.717) is 18.0 Å². The van der Waals surface area contributed by atoms with Crippen molar-refractivity contribution < 1.29 is 8.42 Å². The Balaban J connectivity index is 1.70. The molecule has 1 aromatic heterocycles. The quantitative estimate of drug-likeness (QED) is 0.788. The molecule has 6 nitrogen and oxygen atoms in total. The molecule has 0 N–H and O–H groups in total. The van der Waals surface area contributed by atoms with Crippen LogP contribution in [0.4, 0.5) is 0 Å². The summed E-state index contributed by atoms with van der Waals surface area (Å²) in [6, 6.07) is 5.65. The van der Waals surface area contributed by atoms with Crippen LogP contribution in [0.5, 0.6) is 0 Å². The lowest BCUT2D eigenvalue weighted by Crippen LogP contribution is -2.38. The lowest BCUT2D eigenvalue weighted by molar-refractivity contribution is 0.125. The van der Waals surface area contributed by atoms with Crippen LogP contribution in [0.3, 0.4) is 0 Å². The molecule has 0 bridgehead atoms. The molecule has 1 aliphatic carbocycles. The summed E-state index contributed by atoms with van der Waals surface area (Å²) in [5, 5.41) is 8.53. The zero-order valence-electron chi connectivity index (χ0n) is 16.4. The third-order valence-electron chi connectivity index (χ3n) is 6.35. The van der Waals surface area contributed by atoms with Gasteiger partial charge in [0.15, 0.2) is 0 Å². The van der Waals surface area contributed by atoms with E-state index in [-0.39, 0.29) is 11.3 Å². The van der Waals surface area contributed by atoms with E-state index in [1.54, 1.807) is 16.7 Å². The monoisotopic (exact) mass is 388 g/mol. The summed E-state index contributed by atoms with van der Waals surface area (Å²) in [5.74, 6) is 1.08. The number of hydrogen-bond acceptors (Lipinski definition) is 4. The van der Waals surface area contributed by atoms with Gasteiger partial charge in [-0.3, -0.25) is 0 Å².